The summed E-state index contributed by atoms with van der Waals surface area (Å²) in [5.74, 6) is 1.33. The molecule has 18 heavy (non-hydrogen) atoms. The van der Waals surface area contributed by atoms with Crippen molar-refractivity contribution in [3.63, 3.8) is 0 Å². The second kappa shape index (κ2) is 7.13. The molecule has 6 nitrogen and oxygen atoms in total. The summed E-state index contributed by atoms with van der Waals surface area (Å²) < 4.78 is 16.3. The first-order valence-corrected chi connectivity index (χ1v) is 6.26. The van der Waals surface area contributed by atoms with Gasteiger partial charge in [-0.15, -0.1) is 0 Å². The Morgan fingerprint density at radius 2 is 2.39 bits per heavy atom. The fourth-order valence-electron chi connectivity index (χ4n) is 1.59. The van der Waals surface area contributed by atoms with Crippen molar-refractivity contribution in [3.8, 4) is 5.88 Å². The molecule has 1 N–H and O–H groups in total. The van der Waals surface area contributed by atoms with Crippen molar-refractivity contribution in [2.24, 2.45) is 0 Å². The molecule has 100 valence electrons. The van der Waals surface area contributed by atoms with E-state index in [1.807, 2.05) is 0 Å². The van der Waals surface area contributed by atoms with Crippen LogP contribution in [-0.4, -0.2) is 49.0 Å². The van der Waals surface area contributed by atoms with E-state index in [1.54, 1.807) is 6.07 Å². The molecule has 0 radical (unpaired) electrons. The fraction of sp³-hybridized carbons (Fsp3) is 0.667. The zero-order chi connectivity index (χ0) is 12.6. The topological polar surface area (TPSA) is 65.5 Å². The molecule has 1 fully saturated rings. The van der Waals surface area contributed by atoms with Crippen LogP contribution < -0.4 is 10.1 Å². The molecule has 0 spiro atoms. The molecule has 2 rings (SSSR count). The summed E-state index contributed by atoms with van der Waals surface area (Å²) in [6, 6.07) is 1.79. The molecule has 1 aliphatic heterocycles. The minimum Gasteiger partial charge on any atom is -0.478 e. The lowest BCUT2D eigenvalue weighted by molar-refractivity contribution is -0.0819. The molecule has 0 aliphatic carbocycles. The molecule has 1 aromatic rings. The summed E-state index contributed by atoms with van der Waals surface area (Å²) >= 11 is 0. The summed E-state index contributed by atoms with van der Waals surface area (Å²) in [4.78, 5) is 8.18. The summed E-state index contributed by atoms with van der Waals surface area (Å²) in [7, 11) is 0. The van der Waals surface area contributed by atoms with Gasteiger partial charge in [-0.1, -0.05) is 6.92 Å². The molecule has 0 amide bonds. The number of aromatic nitrogens is 2. The highest BCUT2D eigenvalue weighted by molar-refractivity contribution is 5.37. The standard InChI is InChI=1S/C12H19N3O3/c1-2-3-18-12-6-11(14-9-15-12)13-7-10-8-16-4-5-17-10/h6,9-10H,2-5,7-8H2,1H3,(H,13,14,15). The smallest absolute Gasteiger partial charge is 0.218 e. The number of anilines is 1. The van der Waals surface area contributed by atoms with Crippen molar-refractivity contribution in [2.75, 3.05) is 38.3 Å². The highest BCUT2D eigenvalue weighted by atomic mass is 16.6. The maximum Gasteiger partial charge on any atom is 0.218 e. The summed E-state index contributed by atoms with van der Waals surface area (Å²) in [6.45, 7) is 5.35. The lowest BCUT2D eigenvalue weighted by Gasteiger charge is -2.23. The Labute approximate surface area is 107 Å². The van der Waals surface area contributed by atoms with Gasteiger partial charge in [-0.3, -0.25) is 0 Å². The average Bonchev–Trinajstić information content (AvgIpc) is 2.44. The Hall–Kier alpha value is -1.40. The van der Waals surface area contributed by atoms with Gasteiger partial charge in [0.15, 0.2) is 0 Å². The van der Waals surface area contributed by atoms with E-state index < -0.39 is 0 Å². The Morgan fingerprint density at radius 1 is 1.44 bits per heavy atom. The van der Waals surface area contributed by atoms with Crippen molar-refractivity contribution in [3.05, 3.63) is 12.4 Å². The highest BCUT2D eigenvalue weighted by Gasteiger charge is 2.14. The van der Waals surface area contributed by atoms with E-state index >= 15 is 0 Å². The zero-order valence-corrected chi connectivity index (χ0v) is 10.6. The zero-order valence-electron chi connectivity index (χ0n) is 10.6. The van der Waals surface area contributed by atoms with Crippen LogP contribution in [-0.2, 0) is 9.47 Å². The van der Waals surface area contributed by atoms with Crippen LogP contribution in [0.2, 0.25) is 0 Å². The van der Waals surface area contributed by atoms with Crippen LogP contribution in [0, 0.1) is 0 Å². The molecular weight excluding hydrogens is 234 g/mol. The van der Waals surface area contributed by atoms with Gasteiger partial charge in [0, 0.05) is 12.6 Å². The normalized spacial score (nSPS) is 19.5. The average molecular weight is 253 g/mol. The monoisotopic (exact) mass is 253 g/mol. The first-order chi connectivity index (χ1) is 8.88. The van der Waals surface area contributed by atoms with Gasteiger partial charge in [0.25, 0.3) is 0 Å². The van der Waals surface area contributed by atoms with Crippen LogP contribution in [0.15, 0.2) is 12.4 Å². The van der Waals surface area contributed by atoms with Gasteiger partial charge in [-0.05, 0) is 6.42 Å². The molecule has 1 aromatic heterocycles. The van der Waals surface area contributed by atoms with Crippen LogP contribution in [0.25, 0.3) is 0 Å². The first-order valence-electron chi connectivity index (χ1n) is 6.26. The molecule has 1 unspecified atom stereocenters. The van der Waals surface area contributed by atoms with Crippen molar-refractivity contribution >= 4 is 5.82 Å². The Morgan fingerprint density at radius 3 is 3.17 bits per heavy atom. The Bertz CT molecular complexity index is 356. The van der Waals surface area contributed by atoms with Crippen LogP contribution in [0.4, 0.5) is 5.82 Å². The second-order valence-electron chi connectivity index (χ2n) is 4.04. The highest BCUT2D eigenvalue weighted by Crippen LogP contribution is 2.11. The number of hydrogen-bond donors (Lipinski definition) is 1. The number of nitrogens with one attached hydrogen (secondary N) is 1. The van der Waals surface area contributed by atoms with Gasteiger partial charge in [0.1, 0.15) is 12.1 Å². The lowest BCUT2D eigenvalue weighted by Crippen LogP contribution is -2.34. The third-order valence-corrected chi connectivity index (χ3v) is 2.49. The summed E-state index contributed by atoms with van der Waals surface area (Å²) in [6.07, 6.45) is 2.53. The van der Waals surface area contributed by atoms with E-state index in [0.717, 1.165) is 12.2 Å². The summed E-state index contributed by atoms with van der Waals surface area (Å²) in [5, 5.41) is 3.20. The molecule has 0 aromatic carbocycles. The minimum atomic E-state index is 0.0775. The molecular formula is C12H19N3O3. The Balaban J connectivity index is 1.80. The molecule has 0 saturated carbocycles. The third kappa shape index (κ3) is 4.12. The fourth-order valence-corrected chi connectivity index (χ4v) is 1.59. The van der Waals surface area contributed by atoms with Crippen LogP contribution in [0.1, 0.15) is 13.3 Å². The first kappa shape index (κ1) is 13.0. The molecule has 1 saturated heterocycles. The van der Waals surface area contributed by atoms with Crippen LogP contribution in [0.5, 0.6) is 5.88 Å². The van der Waals surface area contributed by atoms with Gasteiger partial charge in [-0.25, -0.2) is 9.97 Å². The SMILES string of the molecule is CCCOc1cc(NCC2COCCO2)ncn1. The quantitative estimate of drug-likeness (QED) is 0.818. The molecule has 1 atom stereocenters. The van der Waals surface area contributed by atoms with E-state index in [0.29, 0.717) is 38.9 Å². The van der Waals surface area contributed by atoms with Crippen molar-refractivity contribution in [1.29, 1.82) is 0 Å². The maximum atomic E-state index is 5.53. The number of ether oxygens (including phenoxy) is 3. The van der Waals surface area contributed by atoms with Crippen LogP contribution >= 0.6 is 0 Å². The van der Waals surface area contributed by atoms with Crippen molar-refractivity contribution in [1.82, 2.24) is 9.97 Å². The number of hydrogen-bond acceptors (Lipinski definition) is 6. The molecule has 2 heterocycles. The summed E-state index contributed by atoms with van der Waals surface area (Å²) in [5.41, 5.74) is 0. The number of nitrogens with zero attached hydrogens (tertiary/aromatic N) is 2. The van der Waals surface area contributed by atoms with Gasteiger partial charge in [-0.2, -0.15) is 0 Å². The van der Waals surface area contributed by atoms with Gasteiger partial charge < -0.3 is 19.5 Å². The van der Waals surface area contributed by atoms with E-state index in [9.17, 15) is 0 Å². The Kier molecular flexibility index (Phi) is 5.16. The van der Waals surface area contributed by atoms with E-state index in [-0.39, 0.29) is 6.10 Å². The number of rotatable bonds is 6. The predicted molar refractivity (Wildman–Crippen MR) is 66.9 cm³/mol. The predicted octanol–water partition coefficient (Wildman–Crippen LogP) is 1.09. The lowest BCUT2D eigenvalue weighted by atomic mass is 10.3. The third-order valence-electron chi connectivity index (χ3n) is 2.49. The minimum absolute atomic E-state index is 0.0775. The van der Waals surface area contributed by atoms with Gasteiger partial charge in [0.2, 0.25) is 5.88 Å². The molecule has 6 heteroatoms. The molecule has 0 bridgehead atoms. The van der Waals surface area contributed by atoms with Crippen molar-refractivity contribution < 1.29 is 14.2 Å². The van der Waals surface area contributed by atoms with Gasteiger partial charge >= 0.3 is 0 Å². The van der Waals surface area contributed by atoms with Crippen molar-refractivity contribution in [2.45, 2.75) is 19.4 Å². The molecule has 1 aliphatic rings. The van der Waals surface area contributed by atoms with E-state index in [4.69, 9.17) is 14.2 Å². The second-order valence-corrected chi connectivity index (χ2v) is 4.04. The van der Waals surface area contributed by atoms with E-state index in [2.05, 4.69) is 22.2 Å². The van der Waals surface area contributed by atoms with Gasteiger partial charge in [0.05, 0.1) is 32.5 Å². The van der Waals surface area contributed by atoms with Crippen LogP contribution in [0.3, 0.4) is 0 Å². The maximum absolute atomic E-state index is 5.53. The largest absolute Gasteiger partial charge is 0.478 e. The van der Waals surface area contributed by atoms with E-state index in [1.165, 1.54) is 6.33 Å².